The Morgan fingerprint density at radius 3 is 2.59 bits per heavy atom. The monoisotopic (exact) mass is 541 g/mol. The Bertz CT molecular complexity index is 1490. The van der Waals surface area contributed by atoms with Crippen molar-refractivity contribution < 1.29 is 14.1 Å². The Labute approximate surface area is 231 Å². The van der Waals surface area contributed by atoms with Crippen LogP contribution in [0.25, 0.3) is 11.3 Å². The van der Waals surface area contributed by atoms with Gasteiger partial charge in [0.1, 0.15) is 17.6 Å². The minimum atomic E-state index is -0.436. The number of carbonyl (C=O) groups excluding carboxylic acids is 1. The molecule has 0 unspecified atom stereocenters. The molecule has 1 amide bonds. The molecule has 1 saturated heterocycles. The van der Waals surface area contributed by atoms with Crippen LogP contribution >= 0.6 is 12.2 Å². The summed E-state index contributed by atoms with van der Waals surface area (Å²) in [6.45, 7) is 2.42. The van der Waals surface area contributed by atoms with E-state index in [0.29, 0.717) is 23.2 Å². The number of anilines is 1. The molecule has 1 aliphatic heterocycles. The molecule has 5 rings (SSSR count). The van der Waals surface area contributed by atoms with Crippen molar-refractivity contribution in [1.82, 2.24) is 15.2 Å². The number of amides is 1. The molecule has 4 aromatic rings. The molecule has 2 atom stereocenters. The van der Waals surface area contributed by atoms with Gasteiger partial charge >= 0.3 is 0 Å². The summed E-state index contributed by atoms with van der Waals surface area (Å²) < 4.78 is 6.28. The van der Waals surface area contributed by atoms with Crippen molar-refractivity contribution in [3.05, 3.63) is 112 Å². The molecule has 0 aliphatic carbocycles. The number of aryl methyl sites for hydroxylation is 1. The maximum atomic E-state index is 12.9. The molecule has 10 heteroatoms. The lowest BCUT2D eigenvalue weighted by Crippen LogP contribution is -2.32. The summed E-state index contributed by atoms with van der Waals surface area (Å²) >= 11 is 5.70. The van der Waals surface area contributed by atoms with Crippen molar-refractivity contribution >= 4 is 34.6 Å². The standard InChI is InChI=1S/C29H27N5O4S/c1-2-19-7-3-4-8-22(19)31-26(35)16-18-33-28(27(32-29(33)39)23-9-5-6-17-30-23)25-15-14-24(38-25)20-10-12-21(13-11-20)34(36)37/h3-15,17,27-28H,2,16,18H2,1H3,(H,31,35)(H,32,39)/t27-,28+/m0/s1. The number of hydrogen-bond acceptors (Lipinski definition) is 6. The van der Waals surface area contributed by atoms with Crippen LogP contribution in [0.3, 0.4) is 0 Å². The largest absolute Gasteiger partial charge is 0.459 e. The van der Waals surface area contributed by atoms with E-state index in [9.17, 15) is 14.9 Å². The van der Waals surface area contributed by atoms with Gasteiger partial charge in [-0.05, 0) is 66.7 Å². The molecular formula is C29H27N5O4S. The summed E-state index contributed by atoms with van der Waals surface area (Å²) in [6.07, 6.45) is 2.77. The Morgan fingerprint density at radius 1 is 1.10 bits per heavy atom. The predicted molar refractivity (Wildman–Crippen MR) is 152 cm³/mol. The van der Waals surface area contributed by atoms with Gasteiger partial charge in [0.2, 0.25) is 5.91 Å². The number of benzene rings is 2. The van der Waals surface area contributed by atoms with Crippen LogP contribution in [0.2, 0.25) is 0 Å². The highest BCUT2D eigenvalue weighted by Gasteiger charge is 2.41. The Morgan fingerprint density at radius 2 is 1.87 bits per heavy atom. The first-order valence-electron chi connectivity index (χ1n) is 12.6. The maximum absolute atomic E-state index is 12.9. The zero-order valence-corrected chi connectivity index (χ0v) is 22.1. The quantitative estimate of drug-likeness (QED) is 0.155. The Balaban J connectivity index is 1.39. The van der Waals surface area contributed by atoms with Gasteiger partial charge in [0, 0.05) is 42.5 Å². The molecule has 9 nitrogen and oxygen atoms in total. The van der Waals surface area contributed by atoms with Crippen molar-refractivity contribution in [3.8, 4) is 11.3 Å². The molecule has 1 aliphatic rings. The first-order valence-corrected chi connectivity index (χ1v) is 13.1. The van der Waals surface area contributed by atoms with Gasteiger partial charge in [0.15, 0.2) is 5.11 Å². The predicted octanol–water partition coefficient (Wildman–Crippen LogP) is 5.81. The fraction of sp³-hybridized carbons (Fsp3) is 0.207. The Hall–Kier alpha value is -4.57. The Kier molecular flexibility index (Phi) is 7.64. The SMILES string of the molecule is CCc1ccccc1NC(=O)CCN1C(=S)N[C@@H](c2ccccn2)[C@H]1c1ccc(-c2ccc([N+](=O)[O-])cc2)o1. The van der Waals surface area contributed by atoms with Gasteiger partial charge in [0.05, 0.1) is 16.7 Å². The van der Waals surface area contributed by atoms with Crippen LogP contribution in [0.15, 0.2) is 89.5 Å². The molecule has 39 heavy (non-hydrogen) atoms. The van der Waals surface area contributed by atoms with Crippen molar-refractivity contribution in [2.75, 3.05) is 11.9 Å². The molecule has 2 aromatic carbocycles. The van der Waals surface area contributed by atoms with Crippen molar-refractivity contribution in [2.45, 2.75) is 31.8 Å². The van der Waals surface area contributed by atoms with E-state index in [1.54, 1.807) is 18.3 Å². The highest BCUT2D eigenvalue weighted by molar-refractivity contribution is 7.80. The van der Waals surface area contributed by atoms with E-state index in [4.69, 9.17) is 16.6 Å². The second-order valence-corrected chi connectivity index (χ2v) is 9.52. The third kappa shape index (κ3) is 5.65. The minimum Gasteiger partial charge on any atom is -0.459 e. The van der Waals surface area contributed by atoms with Crippen LogP contribution in [0.5, 0.6) is 0 Å². The third-order valence-electron chi connectivity index (χ3n) is 6.73. The van der Waals surface area contributed by atoms with Crippen LogP contribution in [0.4, 0.5) is 11.4 Å². The highest BCUT2D eigenvalue weighted by Crippen LogP contribution is 2.40. The lowest BCUT2D eigenvalue weighted by molar-refractivity contribution is -0.384. The van der Waals surface area contributed by atoms with Gasteiger partial charge in [-0.3, -0.25) is 19.9 Å². The highest BCUT2D eigenvalue weighted by atomic mass is 32.1. The number of furan rings is 1. The topological polar surface area (TPSA) is 114 Å². The molecule has 2 aromatic heterocycles. The first-order chi connectivity index (χ1) is 18.9. The first kappa shape index (κ1) is 26.1. The molecule has 198 valence electrons. The molecule has 1 fully saturated rings. The fourth-order valence-electron chi connectivity index (χ4n) is 4.75. The molecule has 0 radical (unpaired) electrons. The number of hydrogen-bond donors (Lipinski definition) is 2. The minimum absolute atomic E-state index is 0.0112. The normalized spacial score (nSPS) is 16.6. The number of nitro groups is 1. The number of nitrogens with one attached hydrogen (secondary N) is 2. The van der Waals surface area contributed by atoms with E-state index in [1.807, 2.05) is 59.5 Å². The number of para-hydroxylation sites is 1. The van der Waals surface area contributed by atoms with Gasteiger partial charge in [0.25, 0.3) is 5.69 Å². The van der Waals surface area contributed by atoms with Gasteiger partial charge in [-0.15, -0.1) is 0 Å². The van der Waals surface area contributed by atoms with Crippen LogP contribution in [-0.4, -0.2) is 32.4 Å². The average molecular weight is 542 g/mol. The summed E-state index contributed by atoms with van der Waals surface area (Å²) in [7, 11) is 0. The molecule has 0 bridgehead atoms. The lowest BCUT2D eigenvalue weighted by Gasteiger charge is -2.26. The van der Waals surface area contributed by atoms with E-state index in [2.05, 4.69) is 22.5 Å². The summed E-state index contributed by atoms with van der Waals surface area (Å²) in [5.74, 6) is 1.11. The van der Waals surface area contributed by atoms with Crippen LogP contribution in [0, 0.1) is 10.1 Å². The summed E-state index contributed by atoms with van der Waals surface area (Å²) in [4.78, 5) is 30.0. The number of pyridine rings is 1. The zero-order chi connectivity index (χ0) is 27.4. The fourth-order valence-corrected chi connectivity index (χ4v) is 5.09. The molecule has 2 N–H and O–H groups in total. The van der Waals surface area contributed by atoms with Gasteiger partial charge in [-0.1, -0.05) is 31.2 Å². The number of nitrogens with zero attached hydrogens (tertiary/aromatic N) is 3. The molecular weight excluding hydrogens is 514 g/mol. The summed E-state index contributed by atoms with van der Waals surface area (Å²) in [6, 6.07) is 22.7. The van der Waals surface area contributed by atoms with Gasteiger partial charge in [-0.2, -0.15) is 0 Å². The molecule has 0 spiro atoms. The number of nitro benzene ring substituents is 1. The van der Waals surface area contributed by atoms with Crippen molar-refractivity contribution in [2.24, 2.45) is 0 Å². The third-order valence-corrected chi connectivity index (χ3v) is 7.08. The number of rotatable bonds is 9. The van der Waals surface area contributed by atoms with E-state index in [0.717, 1.165) is 28.9 Å². The van der Waals surface area contributed by atoms with E-state index < -0.39 is 4.92 Å². The van der Waals surface area contributed by atoms with E-state index >= 15 is 0 Å². The van der Waals surface area contributed by atoms with Crippen molar-refractivity contribution in [1.29, 1.82) is 0 Å². The second kappa shape index (κ2) is 11.4. The number of non-ortho nitro benzene ring substituents is 1. The zero-order valence-electron chi connectivity index (χ0n) is 21.2. The van der Waals surface area contributed by atoms with Crippen LogP contribution in [-0.2, 0) is 11.2 Å². The molecule has 3 heterocycles. The number of aromatic nitrogens is 1. The van der Waals surface area contributed by atoms with Gasteiger partial charge in [-0.25, -0.2) is 0 Å². The number of thiocarbonyl (C=S) groups is 1. The summed E-state index contributed by atoms with van der Waals surface area (Å²) in [5.41, 5.74) is 3.41. The average Bonchev–Trinajstić information content (AvgIpc) is 3.57. The maximum Gasteiger partial charge on any atom is 0.269 e. The van der Waals surface area contributed by atoms with Crippen LogP contribution in [0.1, 0.15) is 42.4 Å². The lowest BCUT2D eigenvalue weighted by atomic mass is 10.0. The van der Waals surface area contributed by atoms with E-state index in [1.165, 1.54) is 12.1 Å². The van der Waals surface area contributed by atoms with E-state index in [-0.39, 0.29) is 30.1 Å². The van der Waals surface area contributed by atoms with Crippen LogP contribution < -0.4 is 10.6 Å². The van der Waals surface area contributed by atoms with Gasteiger partial charge < -0.3 is 20.0 Å². The second-order valence-electron chi connectivity index (χ2n) is 9.13. The summed E-state index contributed by atoms with van der Waals surface area (Å²) in [5, 5.41) is 17.9. The van der Waals surface area contributed by atoms with Crippen molar-refractivity contribution in [3.63, 3.8) is 0 Å². The smallest absolute Gasteiger partial charge is 0.269 e. The number of carbonyl (C=O) groups is 1. The molecule has 0 saturated carbocycles.